The zero-order valence-corrected chi connectivity index (χ0v) is 10.6. The van der Waals surface area contributed by atoms with E-state index >= 15 is 0 Å². The van der Waals surface area contributed by atoms with Gasteiger partial charge in [-0.2, -0.15) is 0 Å². The fraction of sp³-hybridized carbons (Fsp3) is 0.214. The van der Waals surface area contributed by atoms with E-state index in [-0.39, 0.29) is 11.7 Å². The molecule has 0 fully saturated rings. The average Bonchev–Trinajstić information content (AvgIpc) is 2.48. The van der Waals surface area contributed by atoms with Gasteiger partial charge in [0, 0.05) is 12.0 Å². The van der Waals surface area contributed by atoms with Gasteiger partial charge in [-0.15, -0.1) is 0 Å². The van der Waals surface area contributed by atoms with Crippen LogP contribution in [0.4, 0.5) is 5.82 Å². The molecule has 1 aromatic heterocycles. The largest absolute Gasteiger partial charge is 0.493 e. The third-order valence-corrected chi connectivity index (χ3v) is 3.15. The molecule has 102 valence electrons. The topological polar surface area (TPSA) is 84.3 Å². The summed E-state index contributed by atoms with van der Waals surface area (Å²) in [6, 6.07) is 7.92. The number of carbonyl (C=O) groups is 1. The number of carboxylic acids is 1. The van der Waals surface area contributed by atoms with Gasteiger partial charge in [0.05, 0.1) is 25.0 Å². The lowest BCUT2D eigenvalue weighted by molar-refractivity contribution is 0.0690. The molecule has 1 aliphatic rings. The highest BCUT2D eigenvalue weighted by Gasteiger charge is 2.21. The molecule has 2 aromatic rings. The molecule has 1 aromatic carbocycles. The number of rotatable bonds is 3. The quantitative estimate of drug-likeness (QED) is 0.889. The summed E-state index contributed by atoms with van der Waals surface area (Å²) in [5.41, 5.74) is 1.01. The molecule has 2 heterocycles. The molecular weight excluding hydrogens is 258 g/mol. The number of nitrogens with zero attached hydrogens (tertiary/aromatic N) is 2. The smallest absolute Gasteiger partial charge is 0.356 e. The number of carboxylic acid groups (broad SMARTS) is 1. The third kappa shape index (κ3) is 2.40. The van der Waals surface area contributed by atoms with Crippen LogP contribution in [-0.2, 0) is 0 Å². The average molecular weight is 271 g/mol. The van der Waals surface area contributed by atoms with Crippen LogP contribution in [-0.4, -0.2) is 27.7 Å². The zero-order valence-electron chi connectivity index (χ0n) is 10.6. The van der Waals surface area contributed by atoms with Gasteiger partial charge in [-0.05, 0) is 6.07 Å². The molecule has 0 bridgehead atoms. The highest BCUT2D eigenvalue weighted by atomic mass is 16.5. The highest BCUT2D eigenvalue weighted by Crippen LogP contribution is 2.33. The van der Waals surface area contributed by atoms with Crippen molar-refractivity contribution in [1.82, 2.24) is 9.97 Å². The van der Waals surface area contributed by atoms with E-state index in [1.54, 1.807) is 0 Å². The van der Waals surface area contributed by atoms with Gasteiger partial charge in [0.1, 0.15) is 11.6 Å². The molecule has 0 amide bonds. The maximum absolute atomic E-state index is 10.7. The molecule has 6 heteroatoms. The Kier molecular flexibility index (Phi) is 3.20. The summed E-state index contributed by atoms with van der Waals surface area (Å²) in [5, 5.41) is 12.0. The van der Waals surface area contributed by atoms with E-state index < -0.39 is 5.97 Å². The lowest BCUT2D eigenvalue weighted by Crippen LogP contribution is -2.21. The number of nitrogens with one attached hydrogen (secondary N) is 1. The molecule has 1 unspecified atom stereocenters. The molecule has 1 atom stereocenters. The van der Waals surface area contributed by atoms with Crippen molar-refractivity contribution >= 4 is 11.8 Å². The number of hydrogen-bond donors (Lipinski definition) is 2. The summed E-state index contributed by atoms with van der Waals surface area (Å²) in [4.78, 5) is 18.6. The van der Waals surface area contributed by atoms with Crippen molar-refractivity contribution < 1.29 is 14.6 Å². The minimum atomic E-state index is -1.08. The SMILES string of the molecule is O=C(O)c1cnc(NC2CCOc3ccccc32)cn1. The van der Waals surface area contributed by atoms with E-state index in [0.717, 1.165) is 17.7 Å². The molecule has 0 aliphatic carbocycles. The summed E-state index contributed by atoms with van der Waals surface area (Å²) < 4.78 is 5.59. The van der Waals surface area contributed by atoms with Crippen LogP contribution in [0.3, 0.4) is 0 Å². The van der Waals surface area contributed by atoms with Gasteiger partial charge in [-0.25, -0.2) is 14.8 Å². The molecule has 1 aliphatic heterocycles. The van der Waals surface area contributed by atoms with E-state index in [9.17, 15) is 4.79 Å². The maximum Gasteiger partial charge on any atom is 0.356 e. The second-order valence-corrected chi connectivity index (χ2v) is 4.46. The Morgan fingerprint density at radius 1 is 1.30 bits per heavy atom. The minimum absolute atomic E-state index is 0.0667. The predicted molar refractivity (Wildman–Crippen MR) is 71.9 cm³/mol. The van der Waals surface area contributed by atoms with Crippen LogP contribution in [0.15, 0.2) is 36.7 Å². The molecule has 20 heavy (non-hydrogen) atoms. The Balaban J connectivity index is 1.80. The Morgan fingerprint density at radius 3 is 2.90 bits per heavy atom. The predicted octanol–water partition coefficient (Wildman–Crippen LogP) is 2.11. The van der Waals surface area contributed by atoms with Crippen molar-refractivity contribution in [2.75, 3.05) is 11.9 Å². The van der Waals surface area contributed by atoms with Gasteiger partial charge < -0.3 is 15.2 Å². The third-order valence-electron chi connectivity index (χ3n) is 3.15. The maximum atomic E-state index is 10.7. The fourth-order valence-electron chi connectivity index (χ4n) is 2.18. The summed E-state index contributed by atoms with van der Waals surface area (Å²) in [7, 11) is 0. The highest BCUT2D eigenvalue weighted by molar-refractivity contribution is 5.84. The number of anilines is 1. The molecule has 0 spiro atoms. The van der Waals surface area contributed by atoms with Gasteiger partial charge in [0.15, 0.2) is 5.69 Å². The minimum Gasteiger partial charge on any atom is -0.493 e. The van der Waals surface area contributed by atoms with E-state index in [2.05, 4.69) is 15.3 Å². The lowest BCUT2D eigenvalue weighted by Gasteiger charge is -2.26. The second kappa shape index (κ2) is 5.16. The van der Waals surface area contributed by atoms with Crippen LogP contribution in [0.5, 0.6) is 5.75 Å². The zero-order chi connectivity index (χ0) is 13.9. The number of hydrogen-bond acceptors (Lipinski definition) is 5. The molecular formula is C14H13N3O3. The van der Waals surface area contributed by atoms with Crippen molar-refractivity contribution in [1.29, 1.82) is 0 Å². The van der Waals surface area contributed by atoms with Gasteiger partial charge in [0.25, 0.3) is 0 Å². The molecule has 6 nitrogen and oxygen atoms in total. The van der Waals surface area contributed by atoms with Crippen LogP contribution >= 0.6 is 0 Å². The second-order valence-electron chi connectivity index (χ2n) is 4.46. The number of benzene rings is 1. The fourth-order valence-corrected chi connectivity index (χ4v) is 2.18. The standard InChI is InChI=1S/C14H13N3O3/c18-14(19)11-7-16-13(8-15-11)17-10-5-6-20-12-4-2-1-3-9(10)12/h1-4,7-8,10H,5-6H2,(H,16,17)(H,18,19). The van der Waals surface area contributed by atoms with Crippen molar-refractivity contribution in [3.63, 3.8) is 0 Å². The van der Waals surface area contributed by atoms with Gasteiger partial charge in [-0.3, -0.25) is 0 Å². The van der Waals surface area contributed by atoms with Crippen LogP contribution in [0.2, 0.25) is 0 Å². The Labute approximate surface area is 115 Å². The summed E-state index contributed by atoms with van der Waals surface area (Å²) >= 11 is 0. The van der Waals surface area contributed by atoms with E-state index in [0.29, 0.717) is 12.4 Å². The van der Waals surface area contributed by atoms with Crippen molar-refractivity contribution in [2.24, 2.45) is 0 Å². The van der Waals surface area contributed by atoms with Crippen molar-refractivity contribution in [3.8, 4) is 5.75 Å². The van der Waals surface area contributed by atoms with E-state index in [4.69, 9.17) is 9.84 Å². The van der Waals surface area contributed by atoms with Gasteiger partial charge >= 0.3 is 5.97 Å². The first-order valence-corrected chi connectivity index (χ1v) is 6.27. The summed E-state index contributed by atoms with van der Waals surface area (Å²) in [6.07, 6.45) is 3.50. The number of aromatic nitrogens is 2. The normalized spacial score (nSPS) is 16.9. The molecule has 0 saturated heterocycles. The number of ether oxygens (including phenoxy) is 1. The Bertz CT molecular complexity index is 628. The molecule has 0 saturated carbocycles. The van der Waals surface area contributed by atoms with Crippen LogP contribution in [0.25, 0.3) is 0 Å². The van der Waals surface area contributed by atoms with Crippen molar-refractivity contribution in [3.05, 3.63) is 47.9 Å². The van der Waals surface area contributed by atoms with Crippen LogP contribution < -0.4 is 10.1 Å². The van der Waals surface area contributed by atoms with E-state index in [1.807, 2.05) is 24.3 Å². The first-order valence-electron chi connectivity index (χ1n) is 6.27. The first kappa shape index (κ1) is 12.4. The number of aromatic carboxylic acids is 1. The molecule has 0 radical (unpaired) electrons. The lowest BCUT2D eigenvalue weighted by atomic mass is 10.0. The first-order chi connectivity index (χ1) is 9.74. The van der Waals surface area contributed by atoms with Crippen LogP contribution in [0, 0.1) is 0 Å². The number of fused-ring (bicyclic) bond motifs is 1. The van der Waals surface area contributed by atoms with Gasteiger partial charge in [-0.1, -0.05) is 18.2 Å². The number of para-hydroxylation sites is 1. The van der Waals surface area contributed by atoms with Crippen molar-refractivity contribution in [2.45, 2.75) is 12.5 Å². The summed E-state index contributed by atoms with van der Waals surface area (Å²) in [6.45, 7) is 0.634. The molecule has 3 rings (SSSR count). The Hall–Kier alpha value is -2.63. The molecule has 2 N–H and O–H groups in total. The Morgan fingerprint density at radius 2 is 2.15 bits per heavy atom. The van der Waals surface area contributed by atoms with Gasteiger partial charge in [0.2, 0.25) is 0 Å². The monoisotopic (exact) mass is 271 g/mol. The van der Waals surface area contributed by atoms with Crippen LogP contribution in [0.1, 0.15) is 28.5 Å². The summed E-state index contributed by atoms with van der Waals surface area (Å²) in [5.74, 6) is 0.337. The van der Waals surface area contributed by atoms with E-state index in [1.165, 1.54) is 12.4 Å².